The van der Waals surface area contributed by atoms with E-state index < -0.39 is 5.66 Å². The Morgan fingerprint density at radius 2 is 1.77 bits per heavy atom. The molecule has 4 rings (SSSR count). The number of hydrogen-bond donors (Lipinski definition) is 1. The highest BCUT2D eigenvalue weighted by atomic mass is 16.5. The zero-order valence-electron chi connectivity index (χ0n) is 17.9. The molecule has 0 spiro atoms. The van der Waals surface area contributed by atoms with E-state index in [4.69, 9.17) is 14.6 Å². The molecule has 1 N–H and O–H groups in total. The van der Waals surface area contributed by atoms with Crippen LogP contribution in [0.1, 0.15) is 30.0 Å². The van der Waals surface area contributed by atoms with Gasteiger partial charge in [-0.25, -0.2) is 4.79 Å². The molecule has 7 heteroatoms. The normalized spacial score (nSPS) is 21.1. The first kappa shape index (κ1) is 20.2. The number of likely N-dealkylation sites (tertiary alicyclic amines) is 1. The molecule has 30 heavy (non-hydrogen) atoms. The molecule has 7 nitrogen and oxygen atoms in total. The summed E-state index contributed by atoms with van der Waals surface area (Å²) in [5.41, 5.74) is 3.09. The summed E-state index contributed by atoms with van der Waals surface area (Å²) in [5, 5.41) is 9.32. The molecule has 0 aromatic heterocycles. The van der Waals surface area contributed by atoms with E-state index in [-0.39, 0.29) is 6.03 Å². The van der Waals surface area contributed by atoms with Crippen molar-refractivity contribution in [1.82, 2.24) is 15.2 Å². The minimum atomic E-state index is -0.594. The van der Waals surface area contributed by atoms with Gasteiger partial charge in [-0.3, -0.25) is 4.90 Å². The van der Waals surface area contributed by atoms with Gasteiger partial charge in [0, 0.05) is 37.7 Å². The van der Waals surface area contributed by atoms with Gasteiger partial charge < -0.3 is 14.8 Å². The zero-order valence-corrected chi connectivity index (χ0v) is 17.9. The Hall–Kier alpha value is -3.06. The number of nitrogens with zero attached hydrogens (tertiary/aromatic N) is 3. The average molecular weight is 409 g/mol. The van der Waals surface area contributed by atoms with Crippen LogP contribution in [-0.2, 0) is 6.42 Å². The van der Waals surface area contributed by atoms with Gasteiger partial charge in [0.2, 0.25) is 0 Å². The van der Waals surface area contributed by atoms with Gasteiger partial charge in [0.1, 0.15) is 5.66 Å². The summed E-state index contributed by atoms with van der Waals surface area (Å²) < 4.78 is 11.1. The van der Waals surface area contributed by atoms with E-state index in [1.165, 1.54) is 0 Å². The quantitative estimate of drug-likeness (QED) is 0.844. The van der Waals surface area contributed by atoms with E-state index in [1.807, 2.05) is 42.5 Å². The highest BCUT2D eigenvalue weighted by molar-refractivity contribution is 6.14. The number of amides is 2. The molecule has 1 atom stereocenters. The number of urea groups is 1. The van der Waals surface area contributed by atoms with Crippen LogP contribution in [0.5, 0.6) is 11.5 Å². The predicted octanol–water partition coefficient (Wildman–Crippen LogP) is 3.08. The maximum absolute atomic E-state index is 13.0. The number of fused-ring (bicyclic) bond motifs is 1. The maximum atomic E-state index is 13.0. The third-order valence-electron chi connectivity index (χ3n) is 6.04. The van der Waals surface area contributed by atoms with Gasteiger partial charge in [0.15, 0.2) is 11.5 Å². The number of hydrogen-bond acceptors (Lipinski definition) is 5. The summed E-state index contributed by atoms with van der Waals surface area (Å²) in [6, 6.07) is 13.7. The molecule has 1 unspecified atom stereocenters. The molecule has 2 aromatic carbocycles. The molecule has 2 heterocycles. The molecule has 2 aliphatic heterocycles. The van der Waals surface area contributed by atoms with Gasteiger partial charge in [-0.05, 0) is 31.0 Å². The molecule has 2 amide bonds. The molecule has 158 valence electrons. The number of carbonyl (C=O) groups is 1. The lowest BCUT2D eigenvalue weighted by molar-refractivity contribution is -0.0539. The Kier molecular flexibility index (Phi) is 5.39. The minimum Gasteiger partial charge on any atom is -0.493 e. The van der Waals surface area contributed by atoms with Crippen LogP contribution in [0.15, 0.2) is 47.6 Å². The fraction of sp³-hybridized carbons (Fsp3) is 0.391. The lowest BCUT2D eigenvalue weighted by Crippen LogP contribution is -2.65. The summed E-state index contributed by atoms with van der Waals surface area (Å²) >= 11 is 0. The van der Waals surface area contributed by atoms with Crippen molar-refractivity contribution in [3.8, 4) is 11.5 Å². The number of methoxy groups -OCH3 is 2. The minimum absolute atomic E-state index is 0.232. The topological polar surface area (TPSA) is 66.4 Å². The molecular formula is C23H28N4O3. The Morgan fingerprint density at radius 3 is 2.33 bits per heavy atom. The lowest BCUT2D eigenvalue weighted by atomic mass is 9.90. The first-order valence-electron chi connectivity index (χ1n) is 10.2. The van der Waals surface area contributed by atoms with Crippen molar-refractivity contribution in [1.29, 1.82) is 0 Å². The molecule has 0 radical (unpaired) electrons. The summed E-state index contributed by atoms with van der Waals surface area (Å²) in [7, 11) is 4.90. The van der Waals surface area contributed by atoms with Crippen LogP contribution in [-0.4, -0.2) is 61.7 Å². The Bertz CT molecular complexity index is 972. The van der Waals surface area contributed by atoms with Crippen molar-refractivity contribution in [3.63, 3.8) is 0 Å². The number of ether oxygens (including phenoxy) is 2. The van der Waals surface area contributed by atoms with Crippen molar-refractivity contribution >= 4 is 11.7 Å². The lowest BCUT2D eigenvalue weighted by Gasteiger charge is -2.49. The molecule has 2 aromatic rings. The average Bonchev–Trinajstić information content (AvgIpc) is 2.85. The first-order valence-corrected chi connectivity index (χ1v) is 10.2. The van der Waals surface area contributed by atoms with E-state index in [0.717, 1.165) is 41.9 Å². The smallest absolute Gasteiger partial charge is 0.339 e. The van der Waals surface area contributed by atoms with Gasteiger partial charge in [0.25, 0.3) is 0 Å². The maximum Gasteiger partial charge on any atom is 0.339 e. The van der Waals surface area contributed by atoms with Crippen molar-refractivity contribution in [3.05, 3.63) is 59.2 Å². The largest absolute Gasteiger partial charge is 0.493 e. The number of carbonyl (C=O) groups excluding carboxylic acids is 1. The van der Waals surface area contributed by atoms with E-state index in [9.17, 15) is 4.79 Å². The Balaban J connectivity index is 1.98. The molecule has 2 aliphatic rings. The van der Waals surface area contributed by atoms with Crippen molar-refractivity contribution in [2.24, 2.45) is 5.10 Å². The van der Waals surface area contributed by atoms with Crippen LogP contribution in [0.3, 0.4) is 0 Å². The highest BCUT2D eigenvalue weighted by Crippen LogP contribution is 2.39. The van der Waals surface area contributed by atoms with Crippen molar-refractivity contribution < 1.29 is 14.3 Å². The number of rotatable bonds is 4. The second-order valence-electron chi connectivity index (χ2n) is 7.78. The standard InChI is InChI=1S/C23H28N4O3/c1-23(26-11-8-12-26)15-17-13-19(29-3)20(30-4)14-18(17)21(16-9-6-5-7-10-16)25-27(23)22(28)24-2/h5-7,9-10,13-14H,8,11-12,15H2,1-4H3,(H,24,28). The predicted molar refractivity (Wildman–Crippen MR) is 116 cm³/mol. The SMILES string of the molecule is CNC(=O)N1N=C(c2ccccc2)c2cc(OC)c(OC)cc2CC1(C)N1CCC1. The summed E-state index contributed by atoms with van der Waals surface area (Å²) in [6.07, 6.45) is 1.74. The van der Waals surface area contributed by atoms with Gasteiger partial charge in [-0.1, -0.05) is 30.3 Å². The van der Waals surface area contributed by atoms with Crippen LogP contribution in [0, 0.1) is 0 Å². The van der Waals surface area contributed by atoms with Gasteiger partial charge >= 0.3 is 6.03 Å². The fourth-order valence-electron chi connectivity index (χ4n) is 4.21. The van der Waals surface area contributed by atoms with Crippen LogP contribution in [0.2, 0.25) is 0 Å². The number of hydrazone groups is 1. The zero-order chi connectivity index (χ0) is 21.3. The third kappa shape index (κ3) is 3.29. The van der Waals surface area contributed by atoms with E-state index >= 15 is 0 Å². The van der Waals surface area contributed by atoms with Crippen LogP contribution < -0.4 is 14.8 Å². The summed E-state index contributed by atoms with van der Waals surface area (Å²) in [5.74, 6) is 1.31. The summed E-state index contributed by atoms with van der Waals surface area (Å²) in [6.45, 7) is 3.95. The van der Waals surface area contributed by atoms with Crippen LogP contribution in [0.25, 0.3) is 0 Å². The van der Waals surface area contributed by atoms with Gasteiger partial charge in [0.05, 0.1) is 19.9 Å². The summed E-state index contributed by atoms with van der Waals surface area (Å²) in [4.78, 5) is 15.3. The van der Waals surface area contributed by atoms with Crippen molar-refractivity contribution in [2.45, 2.75) is 25.4 Å². The molecule has 0 bridgehead atoms. The second kappa shape index (κ2) is 7.99. The van der Waals surface area contributed by atoms with Crippen molar-refractivity contribution in [2.75, 3.05) is 34.4 Å². The van der Waals surface area contributed by atoms with Gasteiger partial charge in [-0.2, -0.15) is 10.1 Å². The van der Waals surface area contributed by atoms with E-state index in [1.54, 1.807) is 26.3 Å². The Morgan fingerprint density at radius 1 is 1.10 bits per heavy atom. The van der Waals surface area contributed by atoms with Crippen LogP contribution >= 0.6 is 0 Å². The molecule has 1 saturated heterocycles. The molecule has 0 aliphatic carbocycles. The van der Waals surface area contributed by atoms with Gasteiger partial charge in [-0.15, -0.1) is 0 Å². The van der Waals surface area contributed by atoms with E-state index in [0.29, 0.717) is 17.9 Å². The third-order valence-corrected chi connectivity index (χ3v) is 6.04. The second-order valence-corrected chi connectivity index (χ2v) is 7.78. The molecule has 1 fully saturated rings. The Labute approximate surface area is 177 Å². The highest BCUT2D eigenvalue weighted by Gasteiger charge is 2.46. The van der Waals surface area contributed by atoms with E-state index in [2.05, 4.69) is 17.1 Å². The monoisotopic (exact) mass is 408 g/mol. The fourth-order valence-corrected chi connectivity index (χ4v) is 4.21. The molecular weight excluding hydrogens is 380 g/mol. The number of nitrogens with one attached hydrogen (secondary N) is 1. The molecule has 0 saturated carbocycles. The number of benzene rings is 2. The van der Waals surface area contributed by atoms with Crippen LogP contribution in [0.4, 0.5) is 4.79 Å². The first-order chi connectivity index (χ1) is 14.5.